The molecule has 1 aliphatic rings. The number of nitrogens with one attached hydrogen (secondary N) is 2. The van der Waals surface area contributed by atoms with Crippen LogP contribution in [0.4, 0.5) is 4.79 Å². The maximum atomic E-state index is 11.2. The van der Waals surface area contributed by atoms with Gasteiger partial charge in [-0.15, -0.1) is 0 Å². The van der Waals surface area contributed by atoms with Gasteiger partial charge in [-0.05, 0) is 38.4 Å². The smallest absolute Gasteiger partial charge is 0.407 e. The number of alkyl carbamates (subject to hydrolysis) is 1. The van der Waals surface area contributed by atoms with Crippen molar-refractivity contribution in [1.82, 2.24) is 10.6 Å². The molecule has 106 valence electrons. The molecular formula is C14H22N2O3. The molecule has 0 spiro atoms. The zero-order valence-corrected chi connectivity index (χ0v) is 11.4. The minimum Gasteiger partial charge on any atom is -0.463 e. The monoisotopic (exact) mass is 266 g/mol. The van der Waals surface area contributed by atoms with Crippen LogP contribution in [0, 0.1) is 0 Å². The molecule has 1 saturated heterocycles. The highest BCUT2D eigenvalue weighted by Gasteiger charge is 2.17. The minimum absolute atomic E-state index is 0.304. The van der Waals surface area contributed by atoms with E-state index in [-0.39, 0.29) is 0 Å². The van der Waals surface area contributed by atoms with Gasteiger partial charge in [0.05, 0.1) is 19.2 Å². The topological polar surface area (TPSA) is 63.5 Å². The first-order valence-corrected chi connectivity index (χ1v) is 7.02. The van der Waals surface area contributed by atoms with E-state index in [1.54, 1.807) is 6.92 Å². The molecule has 2 heterocycles. The summed E-state index contributed by atoms with van der Waals surface area (Å²) < 4.78 is 10.6. The highest BCUT2D eigenvalue weighted by atomic mass is 16.5. The van der Waals surface area contributed by atoms with E-state index in [9.17, 15) is 4.79 Å². The van der Waals surface area contributed by atoms with Crippen molar-refractivity contribution in [3.05, 3.63) is 23.7 Å². The van der Waals surface area contributed by atoms with Crippen LogP contribution in [0.15, 0.2) is 16.5 Å². The van der Waals surface area contributed by atoms with Gasteiger partial charge in [-0.1, -0.05) is 12.8 Å². The van der Waals surface area contributed by atoms with Crippen molar-refractivity contribution in [2.24, 2.45) is 0 Å². The van der Waals surface area contributed by atoms with Crippen LogP contribution in [-0.4, -0.2) is 19.2 Å². The number of carbonyl (C=O) groups excluding carboxylic acids is 1. The summed E-state index contributed by atoms with van der Waals surface area (Å²) in [4.78, 5) is 11.2. The third kappa shape index (κ3) is 4.28. The van der Waals surface area contributed by atoms with Gasteiger partial charge < -0.3 is 19.8 Å². The van der Waals surface area contributed by atoms with Crippen molar-refractivity contribution in [3.8, 4) is 0 Å². The second-order valence-electron chi connectivity index (χ2n) is 4.73. The van der Waals surface area contributed by atoms with Crippen molar-refractivity contribution in [1.29, 1.82) is 0 Å². The lowest BCUT2D eigenvalue weighted by molar-refractivity contribution is 0.150. The van der Waals surface area contributed by atoms with E-state index in [1.165, 1.54) is 19.3 Å². The molecule has 0 radical (unpaired) electrons. The quantitative estimate of drug-likeness (QED) is 0.879. The molecule has 5 heteroatoms. The van der Waals surface area contributed by atoms with Crippen LogP contribution in [0.1, 0.15) is 50.2 Å². The summed E-state index contributed by atoms with van der Waals surface area (Å²) in [5, 5.41) is 6.14. The number of furan rings is 1. The van der Waals surface area contributed by atoms with Crippen LogP contribution < -0.4 is 10.6 Å². The van der Waals surface area contributed by atoms with E-state index in [2.05, 4.69) is 10.6 Å². The van der Waals surface area contributed by atoms with Gasteiger partial charge in [0, 0.05) is 0 Å². The zero-order valence-electron chi connectivity index (χ0n) is 11.4. The van der Waals surface area contributed by atoms with Gasteiger partial charge in [0.15, 0.2) is 0 Å². The van der Waals surface area contributed by atoms with Gasteiger partial charge in [0.25, 0.3) is 0 Å². The molecule has 1 atom stereocenters. The minimum atomic E-state index is -0.409. The third-order valence-electron chi connectivity index (χ3n) is 3.27. The number of ether oxygens (including phenoxy) is 1. The maximum absolute atomic E-state index is 11.2. The summed E-state index contributed by atoms with van der Waals surface area (Å²) >= 11 is 0. The fourth-order valence-electron chi connectivity index (χ4n) is 2.29. The standard InChI is InChI=1S/C14H22N2O3/c1-2-18-14(17)16-10-11-7-8-13(19-11)12-6-4-3-5-9-15-12/h7-8,12,15H,2-6,9-10H2,1H3,(H,16,17)/t12-/m1/s1. The van der Waals surface area contributed by atoms with E-state index in [0.29, 0.717) is 19.2 Å². The predicted molar refractivity (Wildman–Crippen MR) is 71.8 cm³/mol. The van der Waals surface area contributed by atoms with Crippen molar-refractivity contribution in [2.45, 2.75) is 45.2 Å². The van der Waals surface area contributed by atoms with Gasteiger partial charge in [-0.2, -0.15) is 0 Å². The Kier molecular flexibility index (Phi) is 5.27. The first kappa shape index (κ1) is 13.9. The third-order valence-corrected chi connectivity index (χ3v) is 3.27. The molecule has 0 bridgehead atoms. The van der Waals surface area contributed by atoms with E-state index >= 15 is 0 Å². The Balaban J connectivity index is 1.85. The summed E-state index contributed by atoms with van der Waals surface area (Å²) in [7, 11) is 0. The van der Waals surface area contributed by atoms with Crippen molar-refractivity contribution in [3.63, 3.8) is 0 Å². The van der Waals surface area contributed by atoms with Crippen molar-refractivity contribution in [2.75, 3.05) is 13.2 Å². The maximum Gasteiger partial charge on any atom is 0.407 e. The molecule has 2 rings (SSSR count). The Bertz CT molecular complexity index is 395. The summed E-state index contributed by atoms with van der Waals surface area (Å²) in [6.45, 7) is 3.57. The van der Waals surface area contributed by atoms with Gasteiger partial charge in [0.1, 0.15) is 11.5 Å². The normalized spacial score (nSPS) is 19.7. The first-order chi connectivity index (χ1) is 9.29. The van der Waals surface area contributed by atoms with Crippen molar-refractivity contribution < 1.29 is 13.9 Å². The van der Waals surface area contributed by atoms with E-state index in [0.717, 1.165) is 24.5 Å². The van der Waals surface area contributed by atoms with Crippen LogP contribution in [0.3, 0.4) is 0 Å². The highest BCUT2D eigenvalue weighted by Crippen LogP contribution is 2.24. The van der Waals surface area contributed by atoms with Crippen LogP contribution in [-0.2, 0) is 11.3 Å². The molecule has 1 fully saturated rings. The fourth-order valence-corrected chi connectivity index (χ4v) is 2.29. The Morgan fingerprint density at radius 1 is 1.47 bits per heavy atom. The lowest BCUT2D eigenvalue weighted by Crippen LogP contribution is -2.23. The van der Waals surface area contributed by atoms with E-state index < -0.39 is 6.09 Å². The zero-order chi connectivity index (χ0) is 13.5. The first-order valence-electron chi connectivity index (χ1n) is 7.02. The SMILES string of the molecule is CCOC(=O)NCc1ccc([C@H]2CCCCCN2)o1. The van der Waals surface area contributed by atoms with E-state index in [4.69, 9.17) is 9.15 Å². The Labute approximate surface area is 113 Å². The number of rotatable bonds is 4. The second-order valence-corrected chi connectivity index (χ2v) is 4.73. The van der Waals surface area contributed by atoms with Crippen LogP contribution >= 0.6 is 0 Å². The molecule has 19 heavy (non-hydrogen) atoms. The summed E-state index contributed by atoms with van der Waals surface area (Å²) in [5.41, 5.74) is 0. The molecule has 5 nitrogen and oxygen atoms in total. The molecule has 1 aliphatic heterocycles. The van der Waals surface area contributed by atoms with Crippen LogP contribution in [0.25, 0.3) is 0 Å². The average Bonchev–Trinajstić information content (AvgIpc) is 2.71. The lowest BCUT2D eigenvalue weighted by atomic mass is 10.1. The summed E-state index contributed by atoms with van der Waals surface area (Å²) in [6, 6.07) is 4.21. The predicted octanol–water partition coefficient (Wildman–Crippen LogP) is 2.73. The largest absolute Gasteiger partial charge is 0.463 e. The van der Waals surface area contributed by atoms with Crippen molar-refractivity contribution >= 4 is 6.09 Å². The second kappa shape index (κ2) is 7.19. The lowest BCUT2D eigenvalue weighted by Gasteiger charge is -2.12. The number of amides is 1. The average molecular weight is 266 g/mol. The van der Waals surface area contributed by atoms with E-state index in [1.807, 2.05) is 12.1 Å². The molecule has 0 aromatic carbocycles. The van der Waals surface area contributed by atoms with Gasteiger partial charge in [-0.3, -0.25) is 0 Å². The molecule has 0 saturated carbocycles. The molecule has 0 unspecified atom stereocenters. The van der Waals surface area contributed by atoms with Crippen LogP contribution in [0.2, 0.25) is 0 Å². The summed E-state index contributed by atoms with van der Waals surface area (Å²) in [6.07, 6.45) is 4.44. The molecule has 0 aliphatic carbocycles. The molecule has 2 N–H and O–H groups in total. The highest BCUT2D eigenvalue weighted by molar-refractivity contribution is 5.66. The number of hydrogen-bond acceptors (Lipinski definition) is 4. The molecule has 1 amide bonds. The molecule has 1 aromatic rings. The molecule has 1 aromatic heterocycles. The van der Waals surface area contributed by atoms with Crippen LogP contribution in [0.5, 0.6) is 0 Å². The number of hydrogen-bond donors (Lipinski definition) is 2. The number of carbonyl (C=O) groups is 1. The molecular weight excluding hydrogens is 244 g/mol. The Morgan fingerprint density at radius 2 is 2.37 bits per heavy atom. The Hall–Kier alpha value is -1.49. The fraction of sp³-hybridized carbons (Fsp3) is 0.643. The Morgan fingerprint density at radius 3 is 3.21 bits per heavy atom. The summed E-state index contributed by atoms with van der Waals surface area (Å²) in [5.74, 6) is 1.72. The van der Waals surface area contributed by atoms with Gasteiger partial charge >= 0.3 is 6.09 Å². The van der Waals surface area contributed by atoms with Gasteiger partial charge in [-0.25, -0.2) is 4.79 Å². The van der Waals surface area contributed by atoms with Gasteiger partial charge in [0.2, 0.25) is 0 Å².